The second-order valence-electron chi connectivity index (χ2n) is 15.8. The molecule has 4 aromatic carbocycles. The highest BCUT2D eigenvalue weighted by atomic mass is 28.3. The van der Waals surface area contributed by atoms with Crippen molar-refractivity contribution in [2.45, 2.75) is 131 Å². The molecule has 0 N–H and O–H groups in total. The smallest absolute Gasteiger partial charge is 0.0654 e. The van der Waals surface area contributed by atoms with Gasteiger partial charge in [-0.25, -0.2) is 0 Å². The zero-order valence-corrected chi connectivity index (χ0v) is 33.6. The normalized spacial score (nSPS) is 14.1. The number of hydrogen-bond donors (Lipinski definition) is 0. The van der Waals surface area contributed by atoms with E-state index in [0.717, 1.165) is 25.7 Å². The summed E-state index contributed by atoms with van der Waals surface area (Å²) < 4.78 is 0. The molecule has 6 rings (SSSR count). The van der Waals surface area contributed by atoms with Gasteiger partial charge in [0.15, 0.2) is 0 Å². The van der Waals surface area contributed by atoms with Crippen molar-refractivity contribution in [3.8, 4) is 22.3 Å². The van der Waals surface area contributed by atoms with E-state index in [1.165, 1.54) is 120 Å². The van der Waals surface area contributed by atoms with Crippen LogP contribution in [-0.4, -0.2) is 8.07 Å². The van der Waals surface area contributed by atoms with Crippen molar-refractivity contribution in [1.29, 1.82) is 0 Å². The molecule has 0 fully saturated rings. The average molecular weight is 691 g/mol. The topological polar surface area (TPSA) is 0 Å². The van der Waals surface area contributed by atoms with Gasteiger partial charge in [0.2, 0.25) is 0 Å². The summed E-state index contributed by atoms with van der Waals surface area (Å²) in [5, 5.41) is 3.33. The number of rotatable bonds is 18. The second kappa shape index (κ2) is 17.4. The minimum absolute atomic E-state index is 1.13. The van der Waals surface area contributed by atoms with E-state index in [0.29, 0.717) is 0 Å². The van der Waals surface area contributed by atoms with Gasteiger partial charge in [0.1, 0.15) is 8.07 Å². The van der Waals surface area contributed by atoms with Crippen molar-refractivity contribution < 1.29 is 0 Å². The minimum atomic E-state index is -2.25. The SMILES string of the molecule is CCCCCCc1ccc(-c2cccc3c2C([Si](C)(C)C2=C(CCC)[CH]c4cccc(-c5ccc(CCCCCC)cc5)c42)=C(CCC)[CH]3)cc1. The maximum atomic E-state index is 2.67. The van der Waals surface area contributed by atoms with Crippen LogP contribution in [0.4, 0.5) is 0 Å². The van der Waals surface area contributed by atoms with Gasteiger partial charge in [-0.15, -0.1) is 0 Å². The molecule has 0 nitrogen and oxygen atoms in total. The summed E-state index contributed by atoms with van der Waals surface area (Å²) in [5.74, 6) is 0. The van der Waals surface area contributed by atoms with Gasteiger partial charge in [0.25, 0.3) is 0 Å². The molecule has 0 amide bonds. The summed E-state index contributed by atoms with van der Waals surface area (Å²) in [6, 6.07) is 33.3. The van der Waals surface area contributed by atoms with Crippen molar-refractivity contribution >= 4 is 18.5 Å². The Morgan fingerprint density at radius 3 is 1.20 bits per heavy atom. The van der Waals surface area contributed by atoms with Crippen LogP contribution in [0.2, 0.25) is 13.1 Å². The highest BCUT2D eigenvalue weighted by molar-refractivity contribution is 7.09. The van der Waals surface area contributed by atoms with Crippen LogP contribution in [0.1, 0.15) is 138 Å². The Labute approximate surface area is 312 Å². The molecule has 0 aliphatic heterocycles. The maximum absolute atomic E-state index is 2.67. The van der Waals surface area contributed by atoms with Crippen LogP contribution in [0.25, 0.3) is 32.6 Å². The van der Waals surface area contributed by atoms with Crippen molar-refractivity contribution in [3.05, 3.63) is 142 Å². The maximum Gasteiger partial charge on any atom is 0.113 e. The predicted molar refractivity (Wildman–Crippen MR) is 227 cm³/mol. The van der Waals surface area contributed by atoms with Crippen LogP contribution in [-0.2, 0) is 12.8 Å². The molecule has 51 heavy (non-hydrogen) atoms. The number of fused-ring (bicyclic) bond motifs is 2. The molecule has 0 atom stereocenters. The first-order valence-electron chi connectivity index (χ1n) is 20.5. The molecular formula is C50H62Si. The molecule has 0 heterocycles. The summed E-state index contributed by atoms with van der Waals surface area (Å²) in [4.78, 5) is 0. The Kier molecular flexibility index (Phi) is 12.7. The van der Waals surface area contributed by atoms with E-state index in [1.807, 2.05) is 0 Å². The molecule has 1 heteroatoms. The van der Waals surface area contributed by atoms with E-state index < -0.39 is 8.07 Å². The van der Waals surface area contributed by atoms with Gasteiger partial charge in [-0.3, -0.25) is 0 Å². The van der Waals surface area contributed by atoms with Gasteiger partial charge in [-0.1, -0.05) is 188 Å². The third kappa shape index (κ3) is 8.15. The van der Waals surface area contributed by atoms with Gasteiger partial charge in [0, 0.05) is 12.8 Å². The monoisotopic (exact) mass is 690 g/mol. The van der Waals surface area contributed by atoms with E-state index >= 15 is 0 Å². The van der Waals surface area contributed by atoms with Crippen molar-refractivity contribution in [2.75, 3.05) is 0 Å². The fourth-order valence-corrected chi connectivity index (χ4v) is 13.0. The molecule has 0 saturated carbocycles. The van der Waals surface area contributed by atoms with Gasteiger partial charge in [-0.05, 0) is 105 Å². The Morgan fingerprint density at radius 2 is 0.824 bits per heavy atom. The van der Waals surface area contributed by atoms with Gasteiger partial charge in [-0.2, -0.15) is 0 Å². The first-order valence-corrected chi connectivity index (χ1v) is 23.5. The molecule has 2 aliphatic rings. The zero-order chi connectivity index (χ0) is 35.8. The molecule has 0 bridgehead atoms. The lowest BCUT2D eigenvalue weighted by Gasteiger charge is -2.33. The largest absolute Gasteiger partial charge is 0.113 e. The van der Waals surface area contributed by atoms with Crippen LogP contribution in [0.3, 0.4) is 0 Å². The molecule has 0 aromatic heterocycles. The van der Waals surface area contributed by atoms with E-state index in [1.54, 1.807) is 21.5 Å². The Morgan fingerprint density at radius 1 is 0.412 bits per heavy atom. The first-order chi connectivity index (χ1) is 24.9. The number of unbranched alkanes of at least 4 members (excludes halogenated alkanes) is 6. The molecule has 4 aromatic rings. The number of allylic oxidation sites excluding steroid dienone is 2. The minimum Gasteiger partial charge on any atom is -0.0654 e. The molecule has 2 radical (unpaired) electrons. The predicted octanol–water partition coefficient (Wildman–Crippen LogP) is 15.0. The molecule has 2 aliphatic carbocycles. The van der Waals surface area contributed by atoms with Crippen LogP contribution in [0.15, 0.2) is 96.1 Å². The summed E-state index contributed by atoms with van der Waals surface area (Å²) >= 11 is 0. The Bertz CT molecular complexity index is 1690. The van der Waals surface area contributed by atoms with Crippen LogP contribution >= 0.6 is 0 Å². The summed E-state index contributed by atoms with van der Waals surface area (Å²) in [6.07, 6.45) is 22.5. The van der Waals surface area contributed by atoms with E-state index in [9.17, 15) is 0 Å². The standard InChI is InChI=1S/C50H62Si/c1-7-11-13-15-21-37-27-31-39(32-28-37)45-25-17-23-41-35-43(19-9-3)49(47(41)45)51(5,6)50-44(20-10-4)36-42-24-18-26-46(48(42)50)40-33-29-38(30-34-40)22-16-14-12-8-2/h17-18,23-36H,7-16,19-22H2,1-6H3. The van der Waals surface area contributed by atoms with E-state index in [2.05, 4.69) is 139 Å². The molecular weight excluding hydrogens is 629 g/mol. The molecule has 266 valence electrons. The molecule has 0 saturated heterocycles. The van der Waals surface area contributed by atoms with Crippen molar-refractivity contribution in [2.24, 2.45) is 0 Å². The van der Waals surface area contributed by atoms with Gasteiger partial charge >= 0.3 is 0 Å². The van der Waals surface area contributed by atoms with E-state index in [4.69, 9.17) is 0 Å². The zero-order valence-electron chi connectivity index (χ0n) is 32.6. The summed E-state index contributed by atoms with van der Waals surface area (Å²) in [6.45, 7) is 14.6. The number of aryl methyl sites for hydroxylation is 2. The highest BCUT2D eigenvalue weighted by Crippen LogP contribution is 2.54. The number of benzene rings is 4. The average Bonchev–Trinajstić information content (AvgIpc) is 3.72. The lowest BCUT2D eigenvalue weighted by molar-refractivity contribution is 0.667. The Balaban J connectivity index is 1.41. The fourth-order valence-electron chi connectivity index (χ4n) is 8.96. The van der Waals surface area contributed by atoms with Crippen LogP contribution in [0.5, 0.6) is 0 Å². The lowest BCUT2D eigenvalue weighted by atomic mass is 9.95. The van der Waals surface area contributed by atoms with Crippen molar-refractivity contribution in [3.63, 3.8) is 0 Å². The highest BCUT2D eigenvalue weighted by Gasteiger charge is 2.43. The summed E-state index contributed by atoms with van der Waals surface area (Å²) in [7, 11) is -2.25. The fraction of sp³-hybridized carbons (Fsp3) is 0.400. The third-order valence-corrected chi connectivity index (χ3v) is 15.1. The molecule has 0 spiro atoms. The quantitative estimate of drug-likeness (QED) is 0.0720. The second-order valence-corrected chi connectivity index (χ2v) is 20.0. The first kappa shape index (κ1) is 37.3. The van der Waals surface area contributed by atoms with Crippen molar-refractivity contribution in [1.82, 2.24) is 0 Å². The molecule has 0 unspecified atom stereocenters. The number of hydrogen-bond acceptors (Lipinski definition) is 0. The summed E-state index contributed by atoms with van der Waals surface area (Å²) in [5.41, 5.74) is 17.5. The van der Waals surface area contributed by atoms with Gasteiger partial charge in [0.05, 0.1) is 0 Å². The van der Waals surface area contributed by atoms with E-state index in [-0.39, 0.29) is 0 Å². The third-order valence-electron chi connectivity index (χ3n) is 11.5. The lowest BCUT2D eigenvalue weighted by Crippen LogP contribution is -2.32. The van der Waals surface area contributed by atoms with Crippen LogP contribution < -0.4 is 0 Å². The van der Waals surface area contributed by atoms with Crippen LogP contribution in [0, 0.1) is 12.8 Å². The Hall–Kier alpha value is -3.42. The van der Waals surface area contributed by atoms with Gasteiger partial charge < -0.3 is 0 Å².